The molecule has 0 atom stereocenters. The molecular formula is C11H10N2O3S. The molecule has 0 saturated heterocycles. The normalized spacial score (nSPS) is 10.1. The summed E-state index contributed by atoms with van der Waals surface area (Å²) in [6, 6.07) is 3.83. The van der Waals surface area contributed by atoms with Crippen LogP contribution >= 0.6 is 11.3 Å². The van der Waals surface area contributed by atoms with Crippen molar-refractivity contribution in [2.75, 3.05) is 0 Å². The zero-order chi connectivity index (χ0) is 12.3. The topological polar surface area (TPSA) is 82.5 Å². The summed E-state index contributed by atoms with van der Waals surface area (Å²) >= 11 is 1.44. The quantitative estimate of drug-likeness (QED) is 0.770. The third-order valence-corrected chi connectivity index (χ3v) is 2.89. The van der Waals surface area contributed by atoms with Gasteiger partial charge in [-0.25, -0.2) is 4.98 Å². The van der Waals surface area contributed by atoms with Crippen LogP contribution in [0.5, 0.6) is 11.5 Å². The van der Waals surface area contributed by atoms with E-state index in [1.165, 1.54) is 23.5 Å². The largest absolute Gasteiger partial charge is 0.508 e. The third-order valence-electron chi connectivity index (χ3n) is 2.11. The predicted molar refractivity (Wildman–Crippen MR) is 63.1 cm³/mol. The van der Waals surface area contributed by atoms with Crippen molar-refractivity contribution in [1.29, 1.82) is 0 Å². The molecular weight excluding hydrogens is 240 g/mol. The molecule has 1 heterocycles. The van der Waals surface area contributed by atoms with Gasteiger partial charge in [-0.2, -0.15) is 0 Å². The van der Waals surface area contributed by atoms with Crippen LogP contribution in [0.4, 0.5) is 0 Å². The van der Waals surface area contributed by atoms with Crippen molar-refractivity contribution in [2.24, 2.45) is 0 Å². The summed E-state index contributed by atoms with van der Waals surface area (Å²) in [5.41, 5.74) is 0.124. The molecule has 1 amide bonds. The first-order chi connectivity index (χ1) is 8.16. The molecule has 0 fully saturated rings. The number of hydrogen-bond donors (Lipinski definition) is 3. The second-order valence-electron chi connectivity index (χ2n) is 3.31. The van der Waals surface area contributed by atoms with Crippen LogP contribution in [0.3, 0.4) is 0 Å². The van der Waals surface area contributed by atoms with E-state index < -0.39 is 5.91 Å². The highest BCUT2D eigenvalue weighted by molar-refractivity contribution is 7.09. The monoisotopic (exact) mass is 250 g/mol. The standard InChI is InChI=1S/C11H10N2O3S/c14-7-1-2-8(9(15)5-7)11(16)13-6-10-12-3-4-17-10/h1-5,14-15H,6H2,(H,13,16). The number of hydrogen-bond acceptors (Lipinski definition) is 5. The van der Waals surface area contributed by atoms with Crippen molar-refractivity contribution in [3.63, 3.8) is 0 Å². The molecule has 0 unspecified atom stereocenters. The molecule has 2 rings (SSSR count). The minimum absolute atomic E-state index is 0.0843. The number of rotatable bonds is 3. The van der Waals surface area contributed by atoms with E-state index in [2.05, 4.69) is 10.3 Å². The van der Waals surface area contributed by atoms with Gasteiger partial charge >= 0.3 is 0 Å². The summed E-state index contributed by atoms with van der Waals surface area (Å²) in [5, 5.41) is 23.8. The van der Waals surface area contributed by atoms with Crippen molar-refractivity contribution in [3.8, 4) is 11.5 Å². The molecule has 0 radical (unpaired) electrons. The summed E-state index contributed by atoms with van der Waals surface area (Å²) in [4.78, 5) is 15.7. The minimum Gasteiger partial charge on any atom is -0.508 e. The Kier molecular flexibility index (Phi) is 3.24. The maximum absolute atomic E-state index is 11.7. The molecule has 6 heteroatoms. The Hall–Kier alpha value is -2.08. The zero-order valence-corrected chi connectivity index (χ0v) is 9.57. The fraction of sp³-hybridized carbons (Fsp3) is 0.0909. The van der Waals surface area contributed by atoms with Crippen molar-refractivity contribution in [1.82, 2.24) is 10.3 Å². The highest BCUT2D eigenvalue weighted by atomic mass is 32.1. The Balaban J connectivity index is 2.04. The van der Waals surface area contributed by atoms with Gasteiger partial charge in [0.05, 0.1) is 12.1 Å². The molecule has 0 spiro atoms. The second kappa shape index (κ2) is 4.84. The Morgan fingerprint density at radius 1 is 1.41 bits per heavy atom. The number of phenolic OH excluding ortho intramolecular Hbond substituents is 2. The average Bonchev–Trinajstić information content (AvgIpc) is 2.78. The maximum atomic E-state index is 11.7. The van der Waals surface area contributed by atoms with Crippen molar-refractivity contribution in [3.05, 3.63) is 40.3 Å². The number of amides is 1. The van der Waals surface area contributed by atoms with Gasteiger partial charge in [-0.05, 0) is 12.1 Å². The molecule has 1 aromatic heterocycles. The van der Waals surface area contributed by atoms with Gasteiger partial charge in [-0.3, -0.25) is 4.79 Å². The van der Waals surface area contributed by atoms with Crippen molar-refractivity contribution >= 4 is 17.2 Å². The first-order valence-electron chi connectivity index (χ1n) is 4.85. The van der Waals surface area contributed by atoms with E-state index in [1.54, 1.807) is 6.20 Å². The minimum atomic E-state index is -0.405. The SMILES string of the molecule is O=C(NCc1nccs1)c1ccc(O)cc1O. The van der Waals surface area contributed by atoms with Gasteiger partial charge in [0.1, 0.15) is 16.5 Å². The van der Waals surface area contributed by atoms with Crippen LogP contribution in [-0.4, -0.2) is 21.1 Å². The lowest BCUT2D eigenvalue weighted by Gasteiger charge is -2.05. The number of carbonyl (C=O) groups excluding carboxylic acids is 1. The van der Waals surface area contributed by atoms with Crippen LogP contribution in [0.1, 0.15) is 15.4 Å². The Morgan fingerprint density at radius 3 is 2.88 bits per heavy atom. The molecule has 3 N–H and O–H groups in total. The Morgan fingerprint density at radius 2 is 2.24 bits per heavy atom. The van der Waals surface area contributed by atoms with Crippen molar-refractivity contribution < 1.29 is 15.0 Å². The van der Waals surface area contributed by atoms with E-state index in [9.17, 15) is 9.90 Å². The highest BCUT2D eigenvalue weighted by Crippen LogP contribution is 2.22. The summed E-state index contributed by atoms with van der Waals surface area (Å²) in [6.07, 6.45) is 1.66. The van der Waals surface area contributed by atoms with Crippen LogP contribution in [0.15, 0.2) is 29.8 Å². The maximum Gasteiger partial charge on any atom is 0.255 e. The number of carbonyl (C=O) groups is 1. The van der Waals surface area contributed by atoms with Crippen LogP contribution in [0.2, 0.25) is 0 Å². The number of phenols is 2. The third kappa shape index (κ3) is 2.73. The van der Waals surface area contributed by atoms with Crippen LogP contribution in [-0.2, 0) is 6.54 Å². The number of nitrogens with zero attached hydrogens (tertiary/aromatic N) is 1. The van der Waals surface area contributed by atoms with Crippen LogP contribution in [0, 0.1) is 0 Å². The smallest absolute Gasteiger partial charge is 0.255 e. The van der Waals surface area contributed by atoms with E-state index in [0.29, 0.717) is 6.54 Å². The Labute approximate surface area is 101 Å². The first-order valence-corrected chi connectivity index (χ1v) is 5.73. The molecule has 5 nitrogen and oxygen atoms in total. The summed E-state index contributed by atoms with van der Waals surface area (Å²) < 4.78 is 0. The number of thiazole rings is 1. The van der Waals surface area contributed by atoms with Crippen LogP contribution < -0.4 is 5.32 Å². The molecule has 0 aliphatic carbocycles. The predicted octanol–water partition coefficient (Wildman–Crippen LogP) is 1.48. The number of aromatic hydroxyl groups is 2. The fourth-order valence-electron chi connectivity index (χ4n) is 1.30. The van der Waals surface area contributed by atoms with Crippen molar-refractivity contribution in [2.45, 2.75) is 6.54 Å². The van der Waals surface area contributed by atoms with E-state index >= 15 is 0 Å². The molecule has 2 aromatic rings. The van der Waals surface area contributed by atoms with Gasteiger partial charge in [0.15, 0.2) is 0 Å². The summed E-state index contributed by atoms with van der Waals surface area (Å²) in [6.45, 7) is 0.316. The molecule has 0 aliphatic heterocycles. The first kappa shape index (κ1) is 11.4. The lowest BCUT2D eigenvalue weighted by molar-refractivity contribution is 0.0948. The van der Waals surface area contributed by atoms with Gasteiger partial charge in [0.25, 0.3) is 5.91 Å². The molecule has 0 saturated carbocycles. The molecule has 1 aromatic carbocycles. The highest BCUT2D eigenvalue weighted by Gasteiger charge is 2.11. The van der Waals surface area contributed by atoms with E-state index in [0.717, 1.165) is 11.1 Å². The number of nitrogens with one attached hydrogen (secondary N) is 1. The van der Waals surface area contributed by atoms with Gasteiger partial charge in [0, 0.05) is 17.6 Å². The van der Waals surface area contributed by atoms with Gasteiger partial charge < -0.3 is 15.5 Å². The molecule has 17 heavy (non-hydrogen) atoms. The van der Waals surface area contributed by atoms with Crippen LogP contribution in [0.25, 0.3) is 0 Å². The molecule has 88 valence electrons. The van der Waals surface area contributed by atoms with E-state index in [1.807, 2.05) is 5.38 Å². The number of aromatic nitrogens is 1. The average molecular weight is 250 g/mol. The molecule has 0 aliphatic rings. The van der Waals surface area contributed by atoms with E-state index in [-0.39, 0.29) is 17.1 Å². The molecule has 0 bridgehead atoms. The number of benzene rings is 1. The summed E-state index contributed by atoms with van der Waals surface area (Å²) in [7, 11) is 0. The lowest BCUT2D eigenvalue weighted by Crippen LogP contribution is -2.22. The zero-order valence-electron chi connectivity index (χ0n) is 8.75. The van der Waals surface area contributed by atoms with Gasteiger partial charge in [-0.1, -0.05) is 0 Å². The fourth-order valence-corrected chi connectivity index (χ4v) is 1.86. The van der Waals surface area contributed by atoms with Gasteiger partial charge in [-0.15, -0.1) is 11.3 Å². The van der Waals surface area contributed by atoms with E-state index in [4.69, 9.17) is 5.11 Å². The lowest BCUT2D eigenvalue weighted by atomic mass is 10.2. The second-order valence-corrected chi connectivity index (χ2v) is 4.29. The van der Waals surface area contributed by atoms with Gasteiger partial charge in [0.2, 0.25) is 0 Å². The Bertz CT molecular complexity index is 526. The summed E-state index contributed by atoms with van der Waals surface area (Å²) in [5.74, 6) is -0.738.